The van der Waals surface area contributed by atoms with Crippen LogP contribution in [0.3, 0.4) is 0 Å². The molecule has 2 saturated heterocycles. The van der Waals surface area contributed by atoms with Crippen molar-refractivity contribution in [2.24, 2.45) is 0 Å². The molecule has 2 fully saturated rings. The molecule has 7 heteroatoms. The lowest BCUT2D eigenvalue weighted by atomic mass is 10.1. The number of aliphatic carboxylic acids is 1. The molecule has 0 aromatic heterocycles. The van der Waals surface area contributed by atoms with E-state index in [1.807, 2.05) is 0 Å². The normalized spacial score (nSPS) is 31.2. The molecule has 2 atom stereocenters. The highest BCUT2D eigenvalue weighted by molar-refractivity contribution is 7.89. The maximum Gasteiger partial charge on any atom is 0.320 e. The lowest BCUT2D eigenvalue weighted by molar-refractivity contribution is -0.134. The van der Waals surface area contributed by atoms with Crippen LogP contribution in [-0.4, -0.2) is 54.7 Å². The second-order valence-corrected chi connectivity index (χ2v) is 6.40. The number of hydrogen-bond acceptors (Lipinski definition) is 4. The van der Waals surface area contributed by atoms with Gasteiger partial charge in [0.25, 0.3) is 0 Å². The first-order valence-electron chi connectivity index (χ1n) is 5.43. The van der Waals surface area contributed by atoms with Crippen LogP contribution in [0.1, 0.15) is 19.3 Å². The first-order chi connectivity index (χ1) is 7.47. The van der Waals surface area contributed by atoms with Crippen LogP contribution in [-0.2, 0) is 14.8 Å². The van der Waals surface area contributed by atoms with E-state index in [0.29, 0.717) is 19.1 Å². The summed E-state index contributed by atoms with van der Waals surface area (Å²) >= 11 is 0. The van der Waals surface area contributed by atoms with Gasteiger partial charge < -0.3 is 10.4 Å². The van der Waals surface area contributed by atoms with Gasteiger partial charge in [-0.05, 0) is 19.3 Å². The number of carboxylic acid groups (broad SMARTS) is 1. The summed E-state index contributed by atoms with van der Waals surface area (Å²) in [6, 6.07) is 0.589. The Balaban J connectivity index is 2.07. The van der Waals surface area contributed by atoms with Crippen LogP contribution >= 0.6 is 0 Å². The standard InChI is InChI=1S/C9H16N2O4S/c12-9(13)6-16(14,15)11-4-3-7-1-2-8(5-11)10-7/h7-8,10H,1-6H2,(H,12,13). The van der Waals surface area contributed by atoms with Gasteiger partial charge in [-0.1, -0.05) is 0 Å². The Labute approximate surface area is 94.7 Å². The van der Waals surface area contributed by atoms with Gasteiger partial charge in [0.1, 0.15) is 0 Å². The predicted octanol–water partition coefficient (Wildman–Crippen LogP) is -0.773. The van der Waals surface area contributed by atoms with Crippen LogP contribution in [0.15, 0.2) is 0 Å². The van der Waals surface area contributed by atoms with Gasteiger partial charge in [0.2, 0.25) is 10.0 Å². The maximum atomic E-state index is 11.7. The number of nitrogens with one attached hydrogen (secondary N) is 1. The maximum absolute atomic E-state index is 11.7. The summed E-state index contributed by atoms with van der Waals surface area (Å²) in [5.41, 5.74) is 0. The number of nitrogens with zero attached hydrogens (tertiary/aromatic N) is 1. The molecule has 0 spiro atoms. The SMILES string of the molecule is O=C(O)CS(=O)(=O)N1CCC2CCC(C1)N2. The molecule has 0 aliphatic carbocycles. The first kappa shape index (κ1) is 11.8. The smallest absolute Gasteiger partial charge is 0.320 e. The van der Waals surface area contributed by atoms with Crippen molar-refractivity contribution in [2.75, 3.05) is 18.8 Å². The fourth-order valence-corrected chi connectivity index (χ4v) is 3.70. The Hall–Kier alpha value is -0.660. The highest BCUT2D eigenvalue weighted by Crippen LogP contribution is 2.22. The second kappa shape index (κ2) is 4.31. The molecule has 92 valence electrons. The summed E-state index contributed by atoms with van der Waals surface area (Å²) in [5.74, 6) is -2.09. The molecule has 0 radical (unpaired) electrons. The van der Waals surface area contributed by atoms with Gasteiger partial charge in [-0.15, -0.1) is 0 Å². The Morgan fingerprint density at radius 3 is 2.69 bits per heavy atom. The van der Waals surface area contributed by atoms with Crippen LogP contribution in [0.25, 0.3) is 0 Å². The van der Waals surface area contributed by atoms with Crippen molar-refractivity contribution in [3.63, 3.8) is 0 Å². The van der Waals surface area contributed by atoms with E-state index in [2.05, 4.69) is 5.32 Å². The zero-order valence-electron chi connectivity index (χ0n) is 8.92. The molecule has 6 nitrogen and oxygen atoms in total. The summed E-state index contributed by atoms with van der Waals surface area (Å²) < 4.78 is 24.8. The quantitative estimate of drug-likeness (QED) is 0.684. The Bertz CT molecular complexity index is 381. The minimum atomic E-state index is -3.63. The van der Waals surface area contributed by atoms with Gasteiger partial charge in [0, 0.05) is 25.2 Å². The third kappa shape index (κ3) is 2.53. The molecule has 0 saturated carbocycles. The topological polar surface area (TPSA) is 86.7 Å². The molecule has 2 unspecified atom stereocenters. The monoisotopic (exact) mass is 248 g/mol. The predicted molar refractivity (Wildman–Crippen MR) is 57.6 cm³/mol. The molecule has 0 amide bonds. The van der Waals surface area contributed by atoms with Crippen molar-refractivity contribution in [3.8, 4) is 0 Å². The molecule has 2 aliphatic heterocycles. The van der Waals surface area contributed by atoms with E-state index in [0.717, 1.165) is 19.3 Å². The van der Waals surface area contributed by atoms with Crippen molar-refractivity contribution in [3.05, 3.63) is 0 Å². The minimum Gasteiger partial charge on any atom is -0.480 e. The van der Waals surface area contributed by atoms with Gasteiger partial charge in [0.15, 0.2) is 5.75 Å². The van der Waals surface area contributed by atoms with Gasteiger partial charge in [-0.25, -0.2) is 8.42 Å². The first-order valence-corrected chi connectivity index (χ1v) is 7.04. The molecule has 2 bridgehead atoms. The van der Waals surface area contributed by atoms with E-state index >= 15 is 0 Å². The van der Waals surface area contributed by atoms with Crippen molar-refractivity contribution in [1.29, 1.82) is 0 Å². The molecule has 0 aromatic carbocycles. The van der Waals surface area contributed by atoms with Gasteiger partial charge in [-0.2, -0.15) is 4.31 Å². The molecule has 2 aliphatic rings. The zero-order chi connectivity index (χ0) is 11.8. The lowest BCUT2D eigenvalue weighted by Crippen LogP contribution is -2.41. The average Bonchev–Trinajstić information content (AvgIpc) is 2.42. The van der Waals surface area contributed by atoms with Crippen LogP contribution in [0.4, 0.5) is 0 Å². The van der Waals surface area contributed by atoms with Crippen LogP contribution in [0, 0.1) is 0 Å². The third-order valence-electron chi connectivity index (χ3n) is 3.19. The van der Waals surface area contributed by atoms with Crippen LogP contribution in [0.2, 0.25) is 0 Å². The van der Waals surface area contributed by atoms with Crippen molar-refractivity contribution < 1.29 is 18.3 Å². The Morgan fingerprint density at radius 2 is 2.00 bits per heavy atom. The number of rotatable bonds is 3. The molecular weight excluding hydrogens is 232 g/mol. The fourth-order valence-electron chi connectivity index (χ4n) is 2.41. The number of carboxylic acids is 1. The van der Waals surface area contributed by atoms with Crippen molar-refractivity contribution >= 4 is 16.0 Å². The lowest BCUT2D eigenvalue weighted by Gasteiger charge is -2.22. The highest BCUT2D eigenvalue weighted by atomic mass is 32.2. The molecule has 0 aromatic rings. The summed E-state index contributed by atoms with van der Waals surface area (Å²) in [6.45, 7) is 0.843. The van der Waals surface area contributed by atoms with Crippen LogP contribution in [0.5, 0.6) is 0 Å². The van der Waals surface area contributed by atoms with Gasteiger partial charge in [-0.3, -0.25) is 4.79 Å². The minimum absolute atomic E-state index is 0.191. The Morgan fingerprint density at radius 1 is 1.31 bits per heavy atom. The molecular formula is C9H16N2O4S. The van der Waals surface area contributed by atoms with Crippen molar-refractivity contribution in [1.82, 2.24) is 9.62 Å². The summed E-state index contributed by atoms with van der Waals surface area (Å²) in [5, 5.41) is 11.9. The van der Waals surface area contributed by atoms with E-state index in [1.165, 1.54) is 4.31 Å². The summed E-state index contributed by atoms with van der Waals surface area (Å²) in [6.07, 6.45) is 2.84. The van der Waals surface area contributed by atoms with E-state index < -0.39 is 21.7 Å². The van der Waals surface area contributed by atoms with E-state index in [-0.39, 0.29) is 6.04 Å². The molecule has 16 heavy (non-hydrogen) atoms. The molecule has 2 heterocycles. The van der Waals surface area contributed by atoms with E-state index in [1.54, 1.807) is 0 Å². The Kier molecular flexibility index (Phi) is 3.18. The average molecular weight is 248 g/mol. The van der Waals surface area contributed by atoms with E-state index in [4.69, 9.17) is 5.11 Å². The highest BCUT2D eigenvalue weighted by Gasteiger charge is 2.34. The van der Waals surface area contributed by atoms with E-state index in [9.17, 15) is 13.2 Å². The van der Waals surface area contributed by atoms with Crippen molar-refractivity contribution in [2.45, 2.75) is 31.3 Å². The number of carbonyl (C=O) groups is 1. The molecule has 2 N–H and O–H groups in total. The molecule has 2 rings (SSSR count). The van der Waals surface area contributed by atoms with Gasteiger partial charge >= 0.3 is 5.97 Å². The van der Waals surface area contributed by atoms with Gasteiger partial charge in [0.05, 0.1) is 0 Å². The largest absolute Gasteiger partial charge is 0.480 e. The number of sulfonamides is 1. The summed E-state index contributed by atoms with van der Waals surface area (Å²) in [4.78, 5) is 10.5. The fraction of sp³-hybridized carbons (Fsp3) is 0.889. The number of hydrogen-bond donors (Lipinski definition) is 2. The van der Waals surface area contributed by atoms with Crippen LogP contribution < -0.4 is 5.32 Å². The second-order valence-electron chi connectivity index (χ2n) is 4.43. The summed E-state index contributed by atoms with van der Waals surface area (Å²) in [7, 11) is -3.63. The third-order valence-corrected chi connectivity index (χ3v) is 4.92. The zero-order valence-corrected chi connectivity index (χ0v) is 9.74. The number of fused-ring (bicyclic) bond motifs is 2.